The van der Waals surface area contributed by atoms with Crippen molar-refractivity contribution in [2.24, 2.45) is 5.14 Å². The number of nitrogens with zero attached hydrogens (tertiary/aromatic N) is 4. The molecular formula is C19H17F2N5O3S2. The van der Waals surface area contributed by atoms with Gasteiger partial charge in [-0.15, -0.1) is 0 Å². The number of nitrogens with two attached hydrogens (primary N) is 1. The highest BCUT2D eigenvalue weighted by molar-refractivity contribution is 7.91. The number of carbonyl (C=O) groups is 1. The Hall–Kier alpha value is -2.96. The van der Waals surface area contributed by atoms with Gasteiger partial charge in [-0.25, -0.2) is 32.7 Å². The van der Waals surface area contributed by atoms with Crippen LogP contribution in [0.1, 0.15) is 12.1 Å². The first-order valence-corrected chi connectivity index (χ1v) is 11.5. The highest BCUT2D eigenvalue weighted by Gasteiger charge is 2.31. The lowest BCUT2D eigenvalue weighted by atomic mass is 10.1. The van der Waals surface area contributed by atoms with Gasteiger partial charge in [0.15, 0.2) is 9.34 Å². The summed E-state index contributed by atoms with van der Waals surface area (Å²) in [7, 11) is -3.93. The summed E-state index contributed by atoms with van der Waals surface area (Å²) >= 11 is 0.851. The van der Waals surface area contributed by atoms with Crippen LogP contribution in [0.4, 0.5) is 24.4 Å². The largest absolute Gasteiger partial charge is 0.330 e. The minimum absolute atomic E-state index is 0.0772. The molecule has 1 saturated heterocycles. The van der Waals surface area contributed by atoms with E-state index in [4.69, 9.17) is 5.14 Å². The second-order valence-corrected chi connectivity index (χ2v) is 9.63. The number of amides is 2. The predicted molar refractivity (Wildman–Crippen MR) is 113 cm³/mol. The van der Waals surface area contributed by atoms with E-state index in [1.165, 1.54) is 16.7 Å². The lowest BCUT2D eigenvalue weighted by molar-refractivity contribution is 0.248. The van der Waals surface area contributed by atoms with Gasteiger partial charge in [0, 0.05) is 36.5 Å². The fourth-order valence-electron chi connectivity index (χ4n) is 3.31. The molecule has 1 aromatic carbocycles. The summed E-state index contributed by atoms with van der Waals surface area (Å²) in [5, 5.41) is 5.47. The number of halogens is 2. The summed E-state index contributed by atoms with van der Waals surface area (Å²) in [5.41, 5.74) is 1.46. The lowest BCUT2D eigenvalue weighted by Gasteiger charge is -2.34. The second-order valence-electron chi connectivity index (χ2n) is 6.89. The molecule has 12 heteroatoms. The summed E-state index contributed by atoms with van der Waals surface area (Å²) in [6.07, 6.45) is 0.632. The van der Waals surface area contributed by atoms with Crippen molar-refractivity contribution in [1.29, 1.82) is 0 Å². The molecule has 4 rings (SSSR count). The van der Waals surface area contributed by atoms with Gasteiger partial charge in [-0.2, -0.15) is 4.39 Å². The Morgan fingerprint density at radius 2 is 1.74 bits per heavy atom. The van der Waals surface area contributed by atoms with Crippen molar-refractivity contribution < 1.29 is 22.0 Å². The Kier molecular flexibility index (Phi) is 5.45. The van der Waals surface area contributed by atoms with Gasteiger partial charge in [-0.05, 0) is 25.5 Å². The van der Waals surface area contributed by atoms with Crippen LogP contribution in [0.3, 0.4) is 0 Å². The first kappa shape index (κ1) is 21.3. The summed E-state index contributed by atoms with van der Waals surface area (Å²) in [6, 6.07) is 8.02. The first-order chi connectivity index (χ1) is 14.6. The number of anilines is 2. The molecule has 0 aliphatic carbocycles. The molecule has 0 atom stereocenters. The zero-order chi connectivity index (χ0) is 22.3. The van der Waals surface area contributed by atoms with E-state index in [-0.39, 0.29) is 26.8 Å². The zero-order valence-electron chi connectivity index (χ0n) is 16.2. The molecule has 31 heavy (non-hydrogen) atoms. The molecule has 0 spiro atoms. The van der Waals surface area contributed by atoms with Gasteiger partial charge in [-0.1, -0.05) is 23.5 Å². The number of carbonyl (C=O) groups excluding carboxylic acids is 1. The third-order valence-corrected chi connectivity index (χ3v) is 7.43. The van der Waals surface area contributed by atoms with Crippen LogP contribution in [0.2, 0.25) is 0 Å². The third-order valence-electron chi connectivity index (χ3n) is 4.69. The average Bonchev–Trinajstić information content (AvgIpc) is 3.09. The van der Waals surface area contributed by atoms with Crippen molar-refractivity contribution >= 4 is 38.2 Å². The van der Waals surface area contributed by atoms with Crippen molar-refractivity contribution in [2.75, 3.05) is 22.9 Å². The molecule has 162 valence electrons. The maximum Gasteiger partial charge on any atom is 0.330 e. The zero-order valence-corrected chi connectivity index (χ0v) is 17.9. The van der Waals surface area contributed by atoms with E-state index < -0.39 is 21.8 Å². The number of sulfonamides is 1. The quantitative estimate of drug-likeness (QED) is 0.595. The summed E-state index contributed by atoms with van der Waals surface area (Å²) in [6.45, 7) is 2.36. The molecule has 0 unspecified atom stereocenters. The molecule has 8 nitrogen and oxygen atoms in total. The van der Waals surface area contributed by atoms with Gasteiger partial charge in [0.05, 0.1) is 11.4 Å². The number of pyridine rings is 1. The Balaban J connectivity index is 1.60. The van der Waals surface area contributed by atoms with E-state index in [0.29, 0.717) is 36.8 Å². The summed E-state index contributed by atoms with van der Waals surface area (Å²) in [5.74, 6) is -1.65. The molecule has 0 bridgehead atoms. The smallest absolute Gasteiger partial charge is 0.294 e. The molecule has 3 heterocycles. The highest BCUT2D eigenvalue weighted by Crippen LogP contribution is 2.32. The molecule has 0 saturated carbocycles. The number of benzene rings is 1. The molecule has 1 fully saturated rings. The van der Waals surface area contributed by atoms with Crippen LogP contribution in [0.5, 0.6) is 0 Å². The number of aromatic nitrogens is 2. The normalized spacial score (nSPS) is 14.9. The molecular weight excluding hydrogens is 448 g/mol. The topological polar surface area (TPSA) is 109 Å². The minimum atomic E-state index is -3.93. The van der Waals surface area contributed by atoms with E-state index in [0.717, 1.165) is 17.4 Å². The number of primary sulfonamides is 1. The van der Waals surface area contributed by atoms with E-state index in [1.807, 2.05) is 0 Å². The van der Waals surface area contributed by atoms with Crippen molar-refractivity contribution in [3.63, 3.8) is 0 Å². The molecule has 1 aliphatic rings. The number of hydrogen-bond donors (Lipinski definition) is 1. The first-order valence-electron chi connectivity index (χ1n) is 9.16. The summed E-state index contributed by atoms with van der Waals surface area (Å²) < 4.78 is 50.1. The van der Waals surface area contributed by atoms with Crippen LogP contribution in [-0.2, 0) is 10.0 Å². The molecule has 2 aromatic heterocycles. The van der Waals surface area contributed by atoms with Crippen LogP contribution in [0, 0.1) is 18.7 Å². The van der Waals surface area contributed by atoms with Crippen LogP contribution in [0.15, 0.2) is 40.6 Å². The molecule has 3 aromatic rings. The number of aryl methyl sites for hydroxylation is 1. The van der Waals surface area contributed by atoms with E-state index >= 15 is 0 Å². The lowest BCUT2D eigenvalue weighted by Crippen LogP contribution is -2.49. The fraction of sp³-hybridized carbons (Fsp3) is 0.211. The number of rotatable bonds is 4. The SMILES string of the molecule is Cc1nc(N2CCCN(c3ccc(-c4cc(F)cc(F)n4)cc3)C2=O)sc1S(N)(=O)=O. The van der Waals surface area contributed by atoms with Crippen molar-refractivity contribution in [2.45, 2.75) is 17.6 Å². The predicted octanol–water partition coefficient (Wildman–Crippen LogP) is 3.28. The Bertz CT molecular complexity index is 1240. The number of hydrogen-bond acceptors (Lipinski definition) is 6. The number of thiazole rings is 1. The van der Waals surface area contributed by atoms with Gasteiger partial charge < -0.3 is 0 Å². The van der Waals surface area contributed by atoms with E-state index in [2.05, 4.69) is 9.97 Å². The molecule has 2 N–H and O–H groups in total. The van der Waals surface area contributed by atoms with Gasteiger partial charge >= 0.3 is 6.03 Å². The molecule has 0 radical (unpaired) electrons. The highest BCUT2D eigenvalue weighted by atomic mass is 32.2. The van der Waals surface area contributed by atoms with Gasteiger partial charge in [-0.3, -0.25) is 9.80 Å². The maximum atomic E-state index is 13.5. The van der Waals surface area contributed by atoms with Crippen LogP contribution < -0.4 is 14.9 Å². The second kappa shape index (κ2) is 7.94. The Morgan fingerprint density at radius 1 is 1.06 bits per heavy atom. The van der Waals surface area contributed by atoms with Crippen molar-refractivity contribution in [1.82, 2.24) is 9.97 Å². The van der Waals surface area contributed by atoms with Crippen LogP contribution in [-0.4, -0.2) is 37.5 Å². The molecule has 1 aliphatic heterocycles. The molecule has 2 amide bonds. The Morgan fingerprint density at radius 3 is 2.35 bits per heavy atom. The minimum Gasteiger partial charge on any atom is -0.294 e. The standard InChI is InChI=1S/C19H17F2N5O3S2/c1-11-17(31(22,28)29)30-18(23-11)26-8-2-7-25(19(26)27)14-5-3-12(4-6-14)15-9-13(20)10-16(21)24-15/h3-6,9-10H,2,7-8H2,1H3,(H2,22,28,29). The fourth-order valence-corrected chi connectivity index (χ4v) is 5.28. The van der Waals surface area contributed by atoms with Crippen molar-refractivity contribution in [3.8, 4) is 11.3 Å². The van der Waals surface area contributed by atoms with Crippen molar-refractivity contribution in [3.05, 3.63) is 53.9 Å². The monoisotopic (exact) mass is 465 g/mol. The average molecular weight is 466 g/mol. The summed E-state index contributed by atoms with van der Waals surface area (Å²) in [4.78, 5) is 23.9. The van der Waals surface area contributed by atoms with E-state index in [1.54, 1.807) is 24.3 Å². The third kappa shape index (κ3) is 4.27. The number of urea groups is 1. The van der Waals surface area contributed by atoms with Gasteiger partial charge in [0.2, 0.25) is 16.0 Å². The van der Waals surface area contributed by atoms with Gasteiger partial charge in [0.1, 0.15) is 5.82 Å². The van der Waals surface area contributed by atoms with Crippen LogP contribution >= 0.6 is 11.3 Å². The van der Waals surface area contributed by atoms with Gasteiger partial charge in [0.25, 0.3) is 0 Å². The Labute approximate surface area is 181 Å². The van der Waals surface area contributed by atoms with E-state index in [9.17, 15) is 22.0 Å². The maximum absolute atomic E-state index is 13.5. The van der Waals surface area contributed by atoms with Crippen LogP contribution in [0.25, 0.3) is 11.3 Å².